The zero-order chi connectivity index (χ0) is 27.3. The van der Waals surface area contributed by atoms with Crippen LogP contribution in [0.1, 0.15) is 22.3 Å². The molecule has 0 radical (unpaired) electrons. The van der Waals surface area contributed by atoms with Crippen molar-refractivity contribution >= 4 is 10.1 Å². The molecule has 39 heavy (non-hydrogen) atoms. The zero-order valence-electron chi connectivity index (χ0n) is 20.4. The summed E-state index contributed by atoms with van der Waals surface area (Å²) < 4.78 is 69.2. The van der Waals surface area contributed by atoms with Crippen LogP contribution in [0, 0.1) is 0 Å². The Balaban J connectivity index is 1.73. The SMILES string of the molecule is O=S(=O)(Oc1cccc2c1-c1ccc(-c3ccccc3)cc1C2(c1ccccc1)c1ccccc1)C(F)(F)F. The molecule has 5 aromatic carbocycles. The van der Waals surface area contributed by atoms with Gasteiger partial charge in [0.25, 0.3) is 0 Å². The molecule has 0 fully saturated rings. The summed E-state index contributed by atoms with van der Waals surface area (Å²) in [5.74, 6) is -0.368. The minimum atomic E-state index is -5.89. The Morgan fingerprint density at radius 1 is 0.590 bits per heavy atom. The Labute approximate surface area is 224 Å². The topological polar surface area (TPSA) is 43.4 Å². The third-order valence-corrected chi connectivity index (χ3v) is 8.09. The van der Waals surface area contributed by atoms with Gasteiger partial charge in [-0.2, -0.15) is 21.6 Å². The van der Waals surface area contributed by atoms with Gasteiger partial charge in [0, 0.05) is 5.56 Å². The highest BCUT2D eigenvalue weighted by atomic mass is 32.2. The number of hydrogen-bond donors (Lipinski definition) is 0. The maximum atomic E-state index is 13.4. The van der Waals surface area contributed by atoms with E-state index in [1.807, 2.05) is 115 Å². The highest BCUT2D eigenvalue weighted by Crippen LogP contribution is 2.59. The van der Waals surface area contributed by atoms with Crippen molar-refractivity contribution in [2.75, 3.05) is 0 Å². The summed E-state index contributed by atoms with van der Waals surface area (Å²) >= 11 is 0. The van der Waals surface area contributed by atoms with Crippen molar-refractivity contribution < 1.29 is 25.8 Å². The predicted molar refractivity (Wildman–Crippen MR) is 145 cm³/mol. The van der Waals surface area contributed by atoms with Crippen molar-refractivity contribution in [1.29, 1.82) is 0 Å². The van der Waals surface area contributed by atoms with Crippen LogP contribution in [0.2, 0.25) is 0 Å². The van der Waals surface area contributed by atoms with E-state index in [4.69, 9.17) is 4.18 Å². The van der Waals surface area contributed by atoms with Gasteiger partial charge in [0.1, 0.15) is 0 Å². The average Bonchev–Trinajstić information content (AvgIpc) is 3.25. The van der Waals surface area contributed by atoms with Crippen molar-refractivity contribution in [2.24, 2.45) is 0 Å². The number of rotatable bonds is 5. The Hall–Kier alpha value is -4.36. The molecule has 6 rings (SSSR count). The highest BCUT2D eigenvalue weighted by molar-refractivity contribution is 7.88. The van der Waals surface area contributed by atoms with Gasteiger partial charge in [0.2, 0.25) is 0 Å². The smallest absolute Gasteiger partial charge is 0.375 e. The fourth-order valence-corrected chi connectivity index (χ4v) is 6.02. The molecular formula is C32H21F3O3S. The molecule has 0 saturated heterocycles. The lowest BCUT2D eigenvalue weighted by molar-refractivity contribution is -0.0499. The third-order valence-electron chi connectivity index (χ3n) is 7.13. The van der Waals surface area contributed by atoms with Gasteiger partial charge >= 0.3 is 15.6 Å². The molecule has 0 unspecified atom stereocenters. The Morgan fingerprint density at radius 2 is 1.15 bits per heavy atom. The van der Waals surface area contributed by atoms with Crippen LogP contribution >= 0.6 is 0 Å². The summed E-state index contributed by atoms with van der Waals surface area (Å²) in [5.41, 5.74) is -0.478. The van der Waals surface area contributed by atoms with Gasteiger partial charge < -0.3 is 4.18 Å². The summed E-state index contributed by atoms with van der Waals surface area (Å²) in [6.45, 7) is 0. The molecule has 0 aliphatic heterocycles. The van der Waals surface area contributed by atoms with E-state index in [1.165, 1.54) is 12.1 Å². The standard InChI is InChI=1S/C32H21F3O3S/c33-32(34,35)39(36,37)38-29-18-10-17-27-30(29)26-20-19-23(22-11-4-1-5-12-22)21-28(26)31(27,24-13-6-2-7-14-24)25-15-8-3-9-16-25/h1-21H. The molecule has 0 N–H and O–H groups in total. The van der Waals surface area contributed by atoms with Crippen LogP contribution in [0.4, 0.5) is 13.2 Å². The van der Waals surface area contributed by atoms with Crippen LogP contribution < -0.4 is 4.18 Å². The van der Waals surface area contributed by atoms with E-state index in [0.717, 1.165) is 27.8 Å². The van der Waals surface area contributed by atoms with E-state index >= 15 is 0 Å². The normalized spacial score (nSPS) is 13.9. The molecule has 194 valence electrons. The number of alkyl halides is 3. The molecule has 0 amide bonds. The first-order valence-corrected chi connectivity index (χ1v) is 13.6. The second-order valence-corrected chi connectivity index (χ2v) is 10.8. The van der Waals surface area contributed by atoms with Gasteiger partial charge in [-0.3, -0.25) is 0 Å². The van der Waals surface area contributed by atoms with Gasteiger partial charge in [0.05, 0.1) is 5.41 Å². The number of benzene rings is 5. The van der Waals surface area contributed by atoms with Gasteiger partial charge in [-0.25, -0.2) is 0 Å². The Kier molecular flexibility index (Phi) is 5.84. The second-order valence-electron chi connectivity index (χ2n) is 9.27. The van der Waals surface area contributed by atoms with Crippen LogP contribution in [0.15, 0.2) is 127 Å². The molecule has 0 saturated carbocycles. The van der Waals surface area contributed by atoms with Crippen molar-refractivity contribution in [3.8, 4) is 28.0 Å². The molecule has 0 spiro atoms. The lowest BCUT2D eigenvalue weighted by atomic mass is 9.67. The monoisotopic (exact) mass is 542 g/mol. The first-order valence-electron chi connectivity index (χ1n) is 12.2. The van der Waals surface area contributed by atoms with E-state index in [1.54, 1.807) is 0 Å². The van der Waals surface area contributed by atoms with E-state index in [9.17, 15) is 21.6 Å². The number of hydrogen-bond acceptors (Lipinski definition) is 3. The minimum Gasteiger partial charge on any atom is -0.375 e. The van der Waals surface area contributed by atoms with E-state index in [-0.39, 0.29) is 5.75 Å². The fourth-order valence-electron chi connectivity index (χ4n) is 5.55. The number of halogens is 3. The van der Waals surface area contributed by atoms with E-state index in [2.05, 4.69) is 0 Å². The average molecular weight is 543 g/mol. The van der Waals surface area contributed by atoms with Crippen molar-refractivity contribution in [3.05, 3.63) is 150 Å². The van der Waals surface area contributed by atoms with Crippen molar-refractivity contribution in [2.45, 2.75) is 10.9 Å². The Bertz CT molecular complexity index is 1730. The van der Waals surface area contributed by atoms with Crippen LogP contribution in [-0.4, -0.2) is 13.9 Å². The van der Waals surface area contributed by atoms with Gasteiger partial charge in [-0.15, -0.1) is 0 Å². The van der Waals surface area contributed by atoms with Crippen LogP contribution in [-0.2, 0) is 15.5 Å². The predicted octanol–water partition coefficient (Wildman–Crippen LogP) is 7.95. The van der Waals surface area contributed by atoms with Crippen LogP contribution in [0.3, 0.4) is 0 Å². The lowest BCUT2D eigenvalue weighted by Crippen LogP contribution is -2.29. The summed E-state index contributed by atoms with van der Waals surface area (Å²) in [7, 11) is -5.89. The molecule has 7 heteroatoms. The van der Waals surface area contributed by atoms with Crippen molar-refractivity contribution in [3.63, 3.8) is 0 Å². The molecule has 0 aromatic heterocycles. The van der Waals surface area contributed by atoms with Crippen molar-refractivity contribution in [1.82, 2.24) is 0 Å². The molecule has 1 aliphatic carbocycles. The lowest BCUT2D eigenvalue weighted by Gasteiger charge is -2.34. The zero-order valence-corrected chi connectivity index (χ0v) is 21.2. The largest absolute Gasteiger partial charge is 0.534 e. The van der Waals surface area contributed by atoms with Gasteiger partial charge in [-0.05, 0) is 51.1 Å². The summed E-state index contributed by atoms with van der Waals surface area (Å²) in [6.07, 6.45) is 0. The van der Waals surface area contributed by atoms with E-state index < -0.39 is 21.0 Å². The summed E-state index contributed by atoms with van der Waals surface area (Å²) in [6, 6.07) is 39.5. The first-order chi connectivity index (χ1) is 18.7. The van der Waals surface area contributed by atoms with E-state index in [0.29, 0.717) is 16.7 Å². The maximum absolute atomic E-state index is 13.4. The molecule has 5 aromatic rings. The molecular weight excluding hydrogens is 521 g/mol. The molecule has 1 aliphatic rings. The summed E-state index contributed by atoms with van der Waals surface area (Å²) in [4.78, 5) is 0. The fraction of sp³-hybridized carbons (Fsp3) is 0.0625. The van der Waals surface area contributed by atoms with Gasteiger partial charge in [-0.1, -0.05) is 115 Å². The quantitative estimate of drug-likeness (QED) is 0.164. The van der Waals surface area contributed by atoms with Gasteiger partial charge in [0.15, 0.2) is 5.75 Å². The highest BCUT2D eigenvalue weighted by Gasteiger charge is 2.51. The maximum Gasteiger partial charge on any atom is 0.534 e. The molecule has 0 atom stereocenters. The first kappa shape index (κ1) is 24.9. The minimum absolute atomic E-state index is 0.313. The molecule has 0 heterocycles. The third kappa shape index (κ3) is 3.92. The summed E-state index contributed by atoms with van der Waals surface area (Å²) in [5, 5.41) is 0. The molecule has 3 nitrogen and oxygen atoms in total. The molecule has 0 bridgehead atoms. The van der Waals surface area contributed by atoms with Crippen LogP contribution in [0.25, 0.3) is 22.3 Å². The van der Waals surface area contributed by atoms with Crippen LogP contribution in [0.5, 0.6) is 5.75 Å². The number of fused-ring (bicyclic) bond motifs is 3. The second kappa shape index (κ2) is 9.13. The Morgan fingerprint density at radius 3 is 1.72 bits per heavy atom.